The van der Waals surface area contributed by atoms with E-state index in [4.69, 9.17) is 9.85 Å². The zero-order valence-electron chi connectivity index (χ0n) is 21.0. The molecule has 8 nitrogen and oxygen atoms in total. The number of nitrogens with two attached hydrogens (primary N) is 1. The van der Waals surface area contributed by atoms with Crippen molar-refractivity contribution in [3.05, 3.63) is 70.9 Å². The van der Waals surface area contributed by atoms with E-state index in [0.29, 0.717) is 22.9 Å². The maximum atomic E-state index is 13.0. The van der Waals surface area contributed by atoms with Gasteiger partial charge in [0.05, 0.1) is 5.56 Å². The molecule has 0 bridgehead atoms. The number of aliphatic hydroxyl groups excluding tert-OH is 1. The van der Waals surface area contributed by atoms with Crippen LogP contribution in [0.15, 0.2) is 42.7 Å². The predicted molar refractivity (Wildman–Crippen MR) is 120 cm³/mol. The zero-order valence-corrected chi connectivity index (χ0v) is 18.0. The molecule has 0 saturated carbocycles. The third-order valence-electron chi connectivity index (χ3n) is 5.26. The quantitative estimate of drug-likeness (QED) is 0.413. The van der Waals surface area contributed by atoms with Gasteiger partial charge in [-0.25, -0.2) is 15.0 Å². The Balaban J connectivity index is 1.67. The highest BCUT2D eigenvalue weighted by Crippen LogP contribution is 2.32. The summed E-state index contributed by atoms with van der Waals surface area (Å²) in [7, 11) is 0. The molecule has 176 valence electrons. The van der Waals surface area contributed by atoms with Gasteiger partial charge in [-0.05, 0) is 50.0 Å². The summed E-state index contributed by atoms with van der Waals surface area (Å²) < 4.78 is 63.9. The molecule has 0 saturated heterocycles. The molecule has 0 fully saturated rings. The largest absolute Gasteiger partial charge is 0.416 e. The molecule has 3 aromatic heterocycles. The van der Waals surface area contributed by atoms with Crippen LogP contribution >= 0.6 is 0 Å². The molecule has 1 atom stereocenters. The molecule has 3 heterocycles. The lowest BCUT2D eigenvalue weighted by atomic mass is 10.0. The van der Waals surface area contributed by atoms with Crippen LogP contribution in [0.2, 0.25) is 0 Å². The molecule has 0 aliphatic carbocycles. The van der Waals surface area contributed by atoms with Gasteiger partial charge in [-0.2, -0.15) is 13.2 Å². The minimum absolute atomic E-state index is 0.0131. The number of carbonyl (C=O) groups excluding carboxylic acids is 1. The Labute approximate surface area is 196 Å². The highest BCUT2D eigenvalue weighted by atomic mass is 19.4. The van der Waals surface area contributed by atoms with Crippen molar-refractivity contribution >= 4 is 23.1 Å². The lowest BCUT2D eigenvalue weighted by molar-refractivity contribution is -0.138. The maximum absolute atomic E-state index is 13.0. The number of aliphatic hydroxyl groups is 1. The number of anilines is 2. The lowest BCUT2D eigenvalue weighted by Crippen LogP contribution is -2.22. The zero-order chi connectivity index (χ0) is 27.3. The number of pyridine rings is 1. The van der Waals surface area contributed by atoms with Crippen LogP contribution in [0, 0.1) is 20.7 Å². The predicted octanol–water partition coefficient (Wildman–Crippen LogP) is 3.99. The fourth-order valence-electron chi connectivity index (χ4n) is 3.57. The molecule has 4 aromatic rings. The van der Waals surface area contributed by atoms with E-state index in [1.165, 1.54) is 28.9 Å². The molecule has 0 aliphatic heterocycles. The summed E-state index contributed by atoms with van der Waals surface area (Å²) in [5.41, 5.74) is 6.79. The average molecular weight is 473 g/mol. The van der Waals surface area contributed by atoms with Gasteiger partial charge in [-0.3, -0.25) is 9.20 Å². The number of hydrogen-bond acceptors (Lipinski definition) is 6. The van der Waals surface area contributed by atoms with E-state index in [-0.39, 0.29) is 34.2 Å². The van der Waals surface area contributed by atoms with E-state index in [1.54, 1.807) is 13.8 Å². The monoisotopic (exact) mass is 473 g/mol. The van der Waals surface area contributed by atoms with E-state index in [0.717, 1.165) is 12.1 Å². The summed E-state index contributed by atoms with van der Waals surface area (Å²) in [6.45, 7) is 0.781. The molecule has 0 radical (unpaired) electrons. The second-order valence-electron chi connectivity index (χ2n) is 7.65. The van der Waals surface area contributed by atoms with Crippen molar-refractivity contribution in [1.29, 1.82) is 0 Å². The molecule has 1 amide bonds. The van der Waals surface area contributed by atoms with Gasteiger partial charge in [0.2, 0.25) is 0 Å². The number of rotatable bonds is 4. The number of nitrogens with one attached hydrogen (secondary N) is 1. The van der Waals surface area contributed by atoms with Crippen LogP contribution in [0.5, 0.6) is 0 Å². The highest BCUT2D eigenvalue weighted by Gasteiger charge is 2.31. The topological polar surface area (TPSA) is 118 Å². The van der Waals surface area contributed by atoms with Gasteiger partial charge in [0.25, 0.3) is 5.91 Å². The number of imidazole rings is 1. The van der Waals surface area contributed by atoms with Gasteiger partial charge >= 0.3 is 6.18 Å². The SMILES string of the molecule is [2H]C([2H])([2H])c1nc(-c2cnc(NC(=O)C(O)c3cccc(C(F)(F)F)c3)cc2C)c2c(N)ncc(C)n12. The number of halogens is 3. The molecule has 4 rings (SSSR count). The highest BCUT2D eigenvalue weighted by molar-refractivity contribution is 5.94. The van der Waals surface area contributed by atoms with Crippen molar-refractivity contribution in [2.45, 2.75) is 33.0 Å². The van der Waals surface area contributed by atoms with Crippen molar-refractivity contribution < 1.29 is 27.2 Å². The van der Waals surface area contributed by atoms with Gasteiger partial charge in [0, 0.05) is 27.8 Å². The Morgan fingerprint density at radius 2 is 2.00 bits per heavy atom. The van der Waals surface area contributed by atoms with Gasteiger partial charge in [-0.1, -0.05) is 12.1 Å². The first kappa shape index (κ1) is 19.5. The number of amides is 1. The summed E-state index contributed by atoms with van der Waals surface area (Å²) in [5, 5.41) is 12.7. The van der Waals surface area contributed by atoms with Crippen molar-refractivity contribution in [2.75, 3.05) is 11.1 Å². The molecule has 11 heteroatoms. The maximum Gasteiger partial charge on any atom is 0.416 e. The van der Waals surface area contributed by atoms with Crippen LogP contribution in [-0.4, -0.2) is 30.4 Å². The number of fused-ring (bicyclic) bond motifs is 1. The van der Waals surface area contributed by atoms with Crippen molar-refractivity contribution in [3.8, 4) is 11.3 Å². The third kappa shape index (κ3) is 4.17. The molecule has 1 aromatic carbocycles. The summed E-state index contributed by atoms with van der Waals surface area (Å²) in [4.78, 5) is 25.1. The van der Waals surface area contributed by atoms with Crippen molar-refractivity contribution in [2.24, 2.45) is 0 Å². The van der Waals surface area contributed by atoms with Gasteiger partial charge in [0.1, 0.15) is 28.7 Å². The molecule has 0 spiro atoms. The number of nitrogens with zero attached hydrogens (tertiary/aromatic N) is 4. The fourth-order valence-corrected chi connectivity index (χ4v) is 3.57. The molecule has 34 heavy (non-hydrogen) atoms. The lowest BCUT2D eigenvalue weighted by Gasteiger charge is -2.14. The molecule has 1 unspecified atom stereocenters. The second-order valence-corrected chi connectivity index (χ2v) is 7.65. The molecular formula is C23H21F3N6O2. The number of aromatic nitrogens is 4. The van der Waals surface area contributed by atoms with E-state index in [1.807, 2.05) is 0 Å². The normalized spacial score (nSPS) is 14.4. The van der Waals surface area contributed by atoms with Crippen molar-refractivity contribution in [1.82, 2.24) is 19.4 Å². The Kier molecular flexibility index (Phi) is 4.82. The Bertz CT molecular complexity index is 1520. The summed E-state index contributed by atoms with van der Waals surface area (Å²) in [6.07, 6.45) is -3.73. The van der Waals surface area contributed by atoms with E-state index >= 15 is 0 Å². The Morgan fingerprint density at radius 1 is 1.24 bits per heavy atom. The number of carbonyl (C=O) groups is 1. The number of alkyl halides is 3. The van der Waals surface area contributed by atoms with E-state index in [2.05, 4.69) is 20.3 Å². The van der Waals surface area contributed by atoms with E-state index < -0.39 is 30.6 Å². The molecule has 0 aliphatic rings. The number of aryl methyl sites for hydroxylation is 3. The standard InChI is InChI=1S/C23H21F3N6O2/c1-11-7-17(31-22(34)20(33)14-5-4-6-15(8-14)23(24,25)26)28-10-16(11)18-19-21(27)29-9-12(2)32(19)13(3)30-18/h4-10,20,33H,1-3H3,(H2,27,29)(H,28,31,34)/i3D3. The molecular weight excluding hydrogens is 449 g/mol. The van der Waals surface area contributed by atoms with Crippen LogP contribution in [0.4, 0.5) is 24.8 Å². The number of nitrogen functional groups attached to an aromatic ring is 1. The fraction of sp³-hybridized carbons (Fsp3) is 0.217. The van der Waals surface area contributed by atoms with Gasteiger partial charge in [0.15, 0.2) is 6.10 Å². The molecule has 4 N–H and O–H groups in total. The van der Waals surface area contributed by atoms with E-state index in [9.17, 15) is 23.1 Å². The third-order valence-corrected chi connectivity index (χ3v) is 5.26. The van der Waals surface area contributed by atoms with Crippen LogP contribution in [-0.2, 0) is 11.0 Å². The number of benzene rings is 1. The minimum atomic E-state index is -4.63. The summed E-state index contributed by atoms with van der Waals surface area (Å²) in [6, 6.07) is 5.27. The first-order valence-electron chi connectivity index (χ1n) is 11.5. The number of hydrogen-bond donors (Lipinski definition) is 3. The Hall–Kier alpha value is -3.99. The summed E-state index contributed by atoms with van der Waals surface area (Å²) >= 11 is 0. The Morgan fingerprint density at radius 3 is 2.68 bits per heavy atom. The van der Waals surface area contributed by atoms with Gasteiger partial charge in [-0.15, -0.1) is 0 Å². The minimum Gasteiger partial charge on any atom is -0.382 e. The average Bonchev–Trinajstić information content (AvgIpc) is 3.23. The smallest absolute Gasteiger partial charge is 0.382 e. The first-order chi connectivity index (χ1) is 17.2. The second kappa shape index (κ2) is 8.41. The van der Waals surface area contributed by atoms with Crippen LogP contribution in [0.3, 0.4) is 0 Å². The van der Waals surface area contributed by atoms with Gasteiger partial charge < -0.3 is 16.2 Å². The summed E-state index contributed by atoms with van der Waals surface area (Å²) in [5.74, 6) is -1.12. The first-order valence-corrected chi connectivity index (χ1v) is 9.95. The van der Waals surface area contributed by atoms with Crippen LogP contribution < -0.4 is 11.1 Å². The van der Waals surface area contributed by atoms with Crippen molar-refractivity contribution in [3.63, 3.8) is 0 Å². The van der Waals surface area contributed by atoms with Crippen LogP contribution in [0.25, 0.3) is 16.8 Å². The van der Waals surface area contributed by atoms with Crippen LogP contribution in [0.1, 0.15) is 38.4 Å².